The molecule has 6 rings (SSSR count). The molecule has 3 heterocycles. The Balaban J connectivity index is 1.34. The van der Waals surface area contributed by atoms with Crippen molar-refractivity contribution in [1.82, 2.24) is 13.8 Å². The summed E-state index contributed by atoms with van der Waals surface area (Å²) in [5.74, 6) is -1.64. The van der Waals surface area contributed by atoms with Crippen molar-refractivity contribution in [2.45, 2.75) is 43.6 Å². The monoisotopic (exact) mass is 629 g/mol. The largest absolute Gasteiger partial charge is 0.453 e. The van der Waals surface area contributed by atoms with E-state index in [2.05, 4.69) is 21.0 Å². The third-order valence-electron chi connectivity index (χ3n) is 7.44. The van der Waals surface area contributed by atoms with Crippen LogP contribution in [-0.4, -0.2) is 33.5 Å². The number of para-hydroxylation sites is 1. The molecule has 2 aliphatic rings. The van der Waals surface area contributed by atoms with E-state index in [4.69, 9.17) is 9.47 Å². The Morgan fingerprint density at radius 1 is 1.10 bits per heavy atom. The van der Waals surface area contributed by atoms with Crippen LogP contribution in [0.5, 0.6) is 5.75 Å². The average molecular weight is 631 g/mol. The van der Waals surface area contributed by atoms with Gasteiger partial charge in [0, 0.05) is 30.0 Å². The maximum Gasteiger partial charge on any atom is 0.251 e. The second-order valence-electron chi connectivity index (χ2n) is 10.1. The van der Waals surface area contributed by atoms with Gasteiger partial charge in [-0.05, 0) is 84.9 Å². The van der Waals surface area contributed by atoms with Crippen molar-refractivity contribution in [2.75, 3.05) is 6.61 Å². The van der Waals surface area contributed by atoms with Crippen LogP contribution in [0.2, 0.25) is 0 Å². The number of fused-ring (bicyclic) bond motifs is 1. The highest BCUT2D eigenvalue weighted by Gasteiger charge is 2.49. The van der Waals surface area contributed by atoms with E-state index in [1.165, 1.54) is 31.3 Å². The molecule has 1 fully saturated rings. The van der Waals surface area contributed by atoms with Crippen molar-refractivity contribution < 1.29 is 26.7 Å². The van der Waals surface area contributed by atoms with E-state index < -0.39 is 26.4 Å². The summed E-state index contributed by atoms with van der Waals surface area (Å²) in [5.41, 5.74) is 0.990. The highest BCUT2D eigenvalue weighted by molar-refractivity contribution is 9.12. The predicted octanol–water partition coefficient (Wildman–Crippen LogP) is 7.22. The van der Waals surface area contributed by atoms with Crippen LogP contribution in [0, 0.1) is 5.82 Å². The lowest BCUT2D eigenvalue weighted by Gasteiger charge is -2.31. The number of rotatable bonds is 6. The summed E-state index contributed by atoms with van der Waals surface area (Å²) in [6.45, 7) is 1.98. The molecule has 1 saturated heterocycles. The maximum absolute atomic E-state index is 16.2. The fraction of sp³-hybridized carbons (Fsp3) is 0.276. The molecule has 11 heteroatoms. The van der Waals surface area contributed by atoms with Gasteiger partial charge in [0.1, 0.15) is 22.5 Å². The van der Waals surface area contributed by atoms with Gasteiger partial charge >= 0.3 is 0 Å². The lowest BCUT2D eigenvalue weighted by molar-refractivity contribution is -0.0393. The second kappa shape index (κ2) is 10.3. The first-order valence-corrected chi connectivity index (χ1v) is 15.1. The maximum atomic E-state index is 16.2. The van der Waals surface area contributed by atoms with E-state index >= 15 is 4.39 Å². The number of benzene rings is 2. The molecule has 1 aliphatic carbocycles. The minimum Gasteiger partial charge on any atom is -0.453 e. The Morgan fingerprint density at radius 3 is 2.73 bits per heavy atom. The lowest BCUT2D eigenvalue weighted by Crippen LogP contribution is -2.42. The molecule has 0 amide bonds. The van der Waals surface area contributed by atoms with Crippen LogP contribution in [0.4, 0.5) is 8.78 Å². The number of allylic oxidation sites excluding steroid dienone is 2. The van der Waals surface area contributed by atoms with Gasteiger partial charge in [0.05, 0.1) is 15.7 Å². The topological polar surface area (TPSA) is 75.3 Å². The molecular weight excluding hydrogens is 604 g/mol. The van der Waals surface area contributed by atoms with Gasteiger partial charge in [-0.15, -0.1) is 0 Å². The van der Waals surface area contributed by atoms with E-state index in [9.17, 15) is 12.8 Å². The van der Waals surface area contributed by atoms with Crippen molar-refractivity contribution in [3.05, 3.63) is 95.0 Å². The summed E-state index contributed by atoms with van der Waals surface area (Å²) >= 11 is 3.32. The molecule has 208 valence electrons. The van der Waals surface area contributed by atoms with E-state index in [-0.39, 0.29) is 34.2 Å². The van der Waals surface area contributed by atoms with Gasteiger partial charge < -0.3 is 9.47 Å². The Hall–Kier alpha value is -3.28. The zero-order valence-corrected chi connectivity index (χ0v) is 24.0. The lowest BCUT2D eigenvalue weighted by atomic mass is 9.99. The minimum absolute atomic E-state index is 0.115. The molecule has 0 saturated carbocycles. The molecule has 0 bridgehead atoms. The first-order valence-electron chi connectivity index (χ1n) is 12.9. The Kier molecular flexibility index (Phi) is 6.92. The van der Waals surface area contributed by atoms with Crippen molar-refractivity contribution in [3.63, 3.8) is 0 Å². The Morgan fingerprint density at radius 2 is 1.93 bits per heavy atom. The third kappa shape index (κ3) is 4.49. The molecule has 1 aliphatic heterocycles. The third-order valence-corrected chi connectivity index (χ3v) is 10.4. The fourth-order valence-electron chi connectivity index (χ4n) is 5.06. The predicted molar refractivity (Wildman–Crippen MR) is 152 cm³/mol. The summed E-state index contributed by atoms with van der Waals surface area (Å²) in [4.78, 5) is 0. The van der Waals surface area contributed by atoms with E-state index in [0.29, 0.717) is 17.8 Å². The van der Waals surface area contributed by atoms with Crippen LogP contribution in [0.1, 0.15) is 38.8 Å². The molecular formula is C29H26BrF2N3O4S. The molecule has 0 spiro atoms. The summed E-state index contributed by atoms with van der Waals surface area (Å²) in [6, 6.07) is 14.3. The zero-order chi connectivity index (χ0) is 28.1. The van der Waals surface area contributed by atoms with Crippen molar-refractivity contribution in [3.8, 4) is 17.0 Å². The summed E-state index contributed by atoms with van der Waals surface area (Å²) < 4.78 is 71.5. The van der Waals surface area contributed by atoms with Crippen LogP contribution in [-0.2, 0) is 14.8 Å². The van der Waals surface area contributed by atoms with Crippen LogP contribution < -0.4 is 4.74 Å². The van der Waals surface area contributed by atoms with Gasteiger partial charge in [-0.25, -0.2) is 25.9 Å². The van der Waals surface area contributed by atoms with Gasteiger partial charge in [0.2, 0.25) is 0 Å². The summed E-state index contributed by atoms with van der Waals surface area (Å²) in [7, 11) is -4.25. The van der Waals surface area contributed by atoms with Crippen molar-refractivity contribution in [1.29, 1.82) is 0 Å². The second-order valence-corrected chi connectivity index (χ2v) is 13.2. The number of halogens is 3. The number of aromatic nitrogens is 3. The van der Waals surface area contributed by atoms with Crippen LogP contribution >= 0.6 is 15.9 Å². The van der Waals surface area contributed by atoms with Crippen LogP contribution in [0.25, 0.3) is 22.2 Å². The van der Waals surface area contributed by atoms with Crippen molar-refractivity contribution in [2.24, 2.45) is 0 Å². The quantitative estimate of drug-likeness (QED) is 0.225. The van der Waals surface area contributed by atoms with E-state index in [1.807, 2.05) is 0 Å². The van der Waals surface area contributed by atoms with Crippen LogP contribution in [0.3, 0.4) is 0 Å². The molecule has 4 aromatic rings. The van der Waals surface area contributed by atoms with Gasteiger partial charge in [0.15, 0.2) is 11.6 Å². The molecule has 2 aromatic heterocycles. The number of hydrogen-bond donors (Lipinski definition) is 0. The minimum atomic E-state index is -4.25. The summed E-state index contributed by atoms with van der Waals surface area (Å²) in [6.07, 6.45) is 7.26. The molecule has 2 aromatic carbocycles. The highest BCUT2D eigenvalue weighted by atomic mass is 79.9. The molecule has 7 nitrogen and oxygen atoms in total. The molecule has 2 atom stereocenters. The number of hydrogen-bond acceptors (Lipinski definition) is 5. The van der Waals surface area contributed by atoms with Gasteiger partial charge in [-0.3, -0.25) is 0 Å². The first-order chi connectivity index (χ1) is 19.2. The highest BCUT2D eigenvalue weighted by Crippen LogP contribution is 2.44. The summed E-state index contributed by atoms with van der Waals surface area (Å²) in [5, 5.41) is 5.22. The van der Waals surface area contributed by atoms with Crippen molar-refractivity contribution >= 4 is 36.9 Å². The Labute approximate surface area is 238 Å². The van der Waals surface area contributed by atoms with Crippen LogP contribution in [0.15, 0.2) is 89.1 Å². The number of ether oxygens (including phenoxy) is 2. The molecule has 0 N–H and O–H groups in total. The van der Waals surface area contributed by atoms with Gasteiger partial charge in [-0.1, -0.05) is 24.3 Å². The average Bonchev–Trinajstić information content (AvgIpc) is 3.63. The fourth-order valence-corrected chi connectivity index (χ4v) is 7.17. The molecule has 0 radical (unpaired) electrons. The van der Waals surface area contributed by atoms with Gasteiger partial charge in [-0.2, -0.15) is 5.10 Å². The smallest absolute Gasteiger partial charge is 0.251 e. The molecule has 40 heavy (non-hydrogen) atoms. The zero-order valence-electron chi connectivity index (χ0n) is 21.6. The number of nitrogens with zero attached hydrogens (tertiary/aromatic N) is 3. The SMILES string of the molecule is CC1(S(=O)(=O)n2ccc3ccccc32)CC=C(Br)C(Oc2ccc(F)c(-c3ccn(C4CCCCO4)n3)c2)=C1F. The van der Waals surface area contributed by atoms with E-state index in [0.717, 1.165) is 28.6 Å². The van der Waals surface area contributed by atoms with Gasteiger partial charge in [0.25, 0.3) is 10.0 Å². The standard InChI is InChI=1S/C29H26BrF2N3O4S/c1-29(40(36,37)35-16-12-19-6-2-3-7-25(19)35)14-11-22(30)27(28(29)32)39-20-9-10-23(31)21(18-20)24-13-15-34(33-24)26-8-4-5-17-38-26/h2-3,6-7,9-13,15-16,18,26H,4-5,8,14,17H2,1H3. The Bertz CT molecular complexity index is 1770. The first kappa shape index (κ1) is 26.9. The normalized spacial score (nSPS) is 22.0. The van der Waals surface area contributed by atoms with E-state index in [1.54, 1.807) is 53.4 Å². The molecule has 2 unspecified atom stereocenters.